The molecule has 1 aliphatic heterocycles. The minimum atomic E-state index is -3.75. The van der Waals surface area contributed by atoms with Gasteiger partial charge in [-0.05, 0) is 43.5 Å². The van der Waals surface area contributed by atoms with Crippen LogP contribution in [0.4, 0.5) is 8.78 Å². The number of amides is 1. The lowest BCUT2D eigenvalue weighted by Crippen LogP contribution is -2.47. The van der Waals surface area contributed by atoms with Gasteiger partial charge in [0.1, 0.15) is 0 Å². The van der Waals surface area contributed by atoms with Gasteiger partial charge < -0.3 is 4.90 Å². The van der Waals surface area contributed by atoms with Gasteiger partial charge in [0.05, 0.1) is 17.4 Å². The van der Waals surface area contributed by atoms with Gasteiger partial charge in [0.15, 0.2) is 0 Å². The number of rotatable bonds is 7. The SMILES string of the molecule is CCCN(CC(F)F)C(=O)C1CCCN(S(=O)(=O)c2ccc(Cl)cc2)C1. The molecule has 0 N–H and O–H groups in total. The summed E-state index contributed by atoms with van der Waals surface area (Å²) in [7, 11) is -3.75. The van der Waals surface area contributed by atoms with E-state index in [4.69, 9.17) is 11.6 Å². The molecule has 1 aromatic carbocycles. The van der Waals surface area contributed by atoms with Crippen molar-refractivity contribution < 1.29 is 22.0 Å². The fraction of sp³-hybridized carbons (Fsp3) is 0.588. The number of carbonyl (C=O) groups is 1. The summed E-state index contributed by atoms with van der Waals surface area (Å²) in [5.41, 5.74) is 0. The van der Waals surface area contributed by atoms with Crippen LogP contribution in [0.15, 0.2) is 29.2 Å². The first-order valence-electron chi connectivity index (χ1n) is 8.58. The third kappa shape index (κ3) is 5.14. The summed E-state index contributed by atoms with van der Waals surface area (Å²) in [6, 6.07) is 5.83. The van der Waals surface area contributed by atoms with Crippen LogP contribution in [0.25, 0.3) is 0 Å². The molecule has 0 aromatic heterocycles. The molecular formula is C17H23ClF2N2O3S. The van der Waals surface area contributed by atoms with E-state index >= 15 is 0 Å². The predicted octanol–water partition coefficient (Wildman–Crippen LogP) is 3.24. The van der Waals surface area contributed by atoms with Gasteiger partial charge in [-0.3, -0.25) is 4.79 Å². The molecule has 1 fully saturated rings. The van der Waals surface area contributed by atoms with Crippen molar-refractivity contribution in [3.05, 3.63) is 29.3 Å². The highest BCUT2D eigenvalue weighted by molar-refractivity contribution is 7.89. The molecule has 0 spiro atoms. The topological polar surface area (TPSA) is 57.7 Å². The second-order valence-corrected chi connectivity index (χ2v) is 8.71. The van der Waals surface area contributed by atoms with Crippen molar-refractivity contribution in [1.82, 2.24) is 9.21 Å². The number of halogens is 3. The number of benzene rings is 1. The highest BCUT2D eigenvalue weighted by Crippen LogP contribution is 2.26. The lowest BCUT2D eigenvalue weighted by molar-refractivity contribution is -0.138. The van der Waals surface area contributed by atoms with Crippen molar-refractivity contribution in [2.24, 2.45) is 5.92 Å². The van der Waals surface area contributed by atoms with Crippen LogP contribution in [-0.4, -0.2) is 56.1 Å². The van der Waals surface area contributed by atoms with Gasteiger partial charge >= 0.3 is 0 Å². The minimum absolute atomic E-state index is 0.00719. The van der Waals surface area contributed by atoms with E-state index in [9.17, 15) is 22.0 Å². The Morgan fingerprint density at radius 3 is 2.58 bits per heavy atom. The number of hydrogen-bond donors (Lipinski definition) is 0. The summed E-state index contributed by atoms with van der Waals surface area (Å²) in [6.07, 6.45) is -1.03. The molecule has 26 heavy (non-hydrogen) atoms. The zero-order valence-electron chi connectivity index (χ0n) is 14.6. The van der Waals surface area contributed by atoms with Crippen LogP contribution in [0, 0.1) is 5.92 Å². The van der Waals surface area contributed by atoms with Crippen molar-refractivity contribution in [2.45, 2.75) is 37.5 Å². The fourth-order valence-electron chi connectivity index (χ4n) is 3.10. The molecule has 0 aliphatic carbocycles. The first-order chi connectivity index (χ1) is 12.3. The standard InChI is InChI=1S/C17H23ClF2N2O3S/c1-2-9-21(12-16(19)20)17(23)13-4-3-10-22(11-13)26(24,25)15-7-5-14(18)6-8-15/h5-8,13,16H,2-4,9-12H2,1H3. The number of hydrogen-bond acceptors (Lipinski definition) is 3. The van der Waals surface area contributed by atoms with Crippen LogP contribution in [0.1, 0.15) is 26.2 Å². The van der Waals surface area contributed by atoms with Crippen molar-refractivity contribution in [2.75, 3.05) is 26.2 Å². The number of carbonyl (C=O) groups excluding carboxylic acids is 1. The number of piperidine rings is 1. The molecule has 0 radical (unpaired) electrons. The number of alkyl halides is 2. The number of sulfonamides is 1. The Balaban J connectivity index is 2.14. The smallest absolute Gasteiger partial charge is 0.255 e. The molecule has 0 bridgehead atoms. The summed E-state index contributed by atoms with van der Waals surface area (Å²) in [6.45, 7) is 1.74. The summed E-state index contributed by atoms with van der Waals surface area (Å²) in [5.74, 6) is -1.00. The minimum Gasteiger partial charge on any atom is -0.337 e. The summed E-state index contributed by atoms with van der Waals surface area (Å²) in [5, 5.41) is 0.429. The van der Waals surface area contributed by atoms with E-state index in [0.29, 0.717) is 30.8 Å². The van der Waals surface area contributed by atoms with Crippen molar-refractivity contribution in [1.29, 1.82) is 0 Å². The van der Waals surface area contributed by atoms with Gasteiger partial charge in [-0.25, -0.2) is 17.2 Å². The zero-order valence-corrected chi connectivity index (χ0v) is 16.1. The van der Waals surface area contributed by atoms with Crippen molar-refractivity contribution in [3.8, 4) is 0 Å². The molecule has 1 amide bonds. The van der Waals surface area contributed by atoms with E-state index in [2.05, 4.69) is 0 Å². The fourth-order valence-corrected chi connectivity index (χ4v) is 4.75. The van der Waals surface area contributed by atoms with Crippen molar-refractivity contribution >= 4 is 27.5 Å². The third-order valence-corrected chi connectivity index (χ3v) is 6.48. The maximum absolute atomic E-state index is 12.8. The highest BCUT2D eigenvalue weighted by Gasteiger charge is 2.35. The Kier molecular flexibility index (Phi) is 7.37. The molecular weight excluding hydrogens is 386 g/mol. The molecule has 1 atom stereocenters. The quantitative estimate of drug-likeness (QED) is 0.695. The first-order valence-corrected chi connectivity index (χ1v) is 10.4. The predicted molar refractivity (Wildman–Crippen MR) is 95.8 cm³/mol. The average Bonchev–Trinajstić information content (AvgIpc) is 2.61. The van der Waals surface area contributed by atoms with Crippen LogP contribution >= 0.6 is 11.6 Å². The molecule has 1 saturated heterocycles. The van der Waals surface area contributed by atoms with Crippen LogP contribution in [0.2, 0.25) is 5.02 Å². The Labute approximate surface area is 158 Å². The maximum atomic E-state index is 12.8. The molecule has 9 heteroatoms. The first kappa shape index (κ1) is 21.1. The van der Waals surface area contributed by atoms with E-state index in [-0.39, 0.29) is 18.0 Å². The summed E-state index contributed by atoms with van der Waals surface area (Å²) in [4.78, 5) is 13.9. The van der Waals surface area contributed by atoms with Crippen LogP contribution in [-0.2, 0) is 14.8 Å². The van der Waals surface area contributed by atoms with Gasteiger partial charge in [0.25, 0.3) is 6.43 Å². The third-order valence-electron chi connectivity index (χ3n) is 4.35. The highest BCUT2D eigenvalue weighted by atomic mass is 35.5. The molecule has 1 unspecified atom stereocenters. The molecule has 146 valence electrons. The average molecular weight is 409 g/mol. The molecule has 1 aliphatic rings. The van der Waals surface area contributed by atoms with Crippen LogP contribution in [0.5, 0.6) is 0 Å². The molecule has 5 nitrogen and oxygen atoms in total. The Hall–Kier alpha value is -1.25. The second kappa shape index (κ2) is 9.10. The second-order valence-electron chi connectivity index (χ2n) is 6.33. The Bertz CT molecular complexity index is 713. The van der Waals surface area contributed by atoms with Crippen LogP contribution < -0.4 is 0 Å². The normalized spacial score (nSPS) is 18.9. The van der Waals surface area contributed by atoms with Gasteiger partial charge in [-0.1, -0.05) is 18.5 Å². The zero-order chi connectivity index (χ0) is 19.3. The summed E-state index contributed by atoms with van der Waals surface area (Å²) < 4.78 is 52.3. The largest absolute Gasteiger partial charge is 0.337 e. The van der Waals surface area contributed by atoms with Gasteiger partial charge in [-0.2, -0.15) is 4.31 Å². The molecule has 1 heterocycles. The number of nitrogens with zero attached hydrogens (tertiary/aromatic N) is 2. The molecule has 2 rings (SSSR count). The van der Waals surface area contributed by atoms with E-state index in [1.54, 1.807) is 0 Å². The van der Waals surface area contributed by atoms with Gasteiger partial charge in [-0.15, -0.1) is 0 Å². The van der Waals surface area contributed by atoms with Crippen LogP contribution in [0.3, 0.4) is 0 Å². The van der Waals surface area contributed by atoms with E-state index in [0.717, 1.165) is 4.90 Å². The monoisotopic (exact) mass is 408 g/mol. The van der Waals surface area contributed by atoms with Crippen molar-refractivity contribution in [3.63, 3.8) is 0 Å². The molecule has 1 aromatic rings. The Morgan fingerprint density at radius 2 is 2.00 bits per heavy atom. The molecule has 0 saturated carbocycles. The lowest BCUT2D eigenvalue weighted by Gasteiger charge is -2.34. The van der Waals surface area contributed by atoms with Gasteiger partial charge in [0.2, 0.25) is 15.9 Å². The maximum Gasteiger partial charge on any atom is 0.255 e. The van der Waals surface area contributed by atoms with E-state index in [1.807, 2.05) is 6.92 Å². The summed E-state index contributed by atoms with van der Waals surface area (Å²) >= 11 is 5.80. The van der Waals surface area contributed by atoms with E-state index < -0.39 is 34.8 Å². The van der Waals surface area contributed by atoms with E-state index in [1.165, 1.54) is 28.6 Å². The Morgan fingerprint density at radius 1 is 1.35 bits per heavy atom. The lowest BCUT2D eigenvalue weighted by atomic mass is 9.98. The van der Waals surface area contributed by atoms with Gasteiger partial charge in [0, 0.05) is 24.7 Å².